The smallest absolute Gasteiger partial charge is 0.224 e. The van der Waals surface area contributed by atoms with E-state index < -0.39 is 0 Å². The monoisotopic (exact) mass is 324 g/mol. The van der Waals surface area contributed by atoms with Crippen LogP contribution in [0.4, 0.5) is 0 Å². The number of rotatable bonds is 6. The predicted molar refractivity (Wildman–Crippen MR) is 94.3 cm³/mol. The number of carbonyl (C=O) groups is 1. The molecule has 1 aromatic heterocycles. The molecule has 1 fully saturated rings. The van der Waals surface area contributed by atoms with Gasteiger partial charge in [-0.2, -0.15) is 0 Å². The van der Waals surface area contributed by atoms with Crippen LogP contribution in [0.2, 0.25) is 0 Å². The molecule has 0 spiro atoms. The first-order chi connectivity index (χ1) is 11.7. The molecule has 1 N–H and O–H groups in total. The Labute approximate surface area is 143 Å². The van der Waals surface area contributed by atoms with Crippen LogP contribution in [0.1, 0.15) is 30.9 Å². The molecule has 2 heterocycles. The molecule has 0 aliphatic carbocycles. The average molecular weight is 324 g/mol. The predicted octanol–water partition coefficient (Wildman–Crippen LogP) is 2.55. The van der Waals surface area contributed by atoms with E-state index in [-0.39, 0.29) is 11.9 Å². The molecule has 5 heteroatoms. The maximum absolute atomic E-state index is 11.9. The van der Waals surface area contributed by atoms with E-state index in [9.17, 15) is 4.79 Å². The highest BCUT2D eigenvalue weighted by molar-refractivity contribution is 5.79. The second-order valence-corrected chi connectivity index (χ2v) is 6.41. The summed E-state index contributed by atoms with van der Waals surface area (Å²) in [6.45, 7) is 6.50. The van der Waals surface area contributed by atoms with Crippen LogP contribution in [-0.4, -0.2) is 39.9 Å². The number of hydrogen-bond donors (Lipinski definition) is 1. The van der Waals surface area contributed by atoms with Crippen molar-refractivity contribution in [3.63, 3.8) is 0 Å². The van der Waals surface area contributed by atoms with Crippen molar-refractivity contribution >= 4 is 5.91 Å². The summed E-state index contributed by atoms with van der Waals surface area (Å²) in [5.74, 6) is 0.994. The third kappa shape index (κ3) is 3.97. The molecule has 24 heavy (non-hydrogen) atoms. The second kappa shape index (κ2) is 7.53. The minimum atomic E-state index is 0.223. The molecular weight excluding hydrogens is 300 g/mol. The van der Waals surface area contributed by atoms with Gasteiger partial charge in [0, 0.05) is 55.6 Å². The average Bonchev–Trinajstić information content (AvgIpc) is 2.94. The van der Waals surface area contributed by atoms with E-state index in [0.29, 0.717) is 13.0 Å². The first-order valence-corrected chi connectivity index (χ1v) is 8.55. The van der Waals surface area contributed by atoms with Crippen molar-refractivity contribution < 1.29 is 4.79 Å². The van der Waals surface area contributed by atoms with E-state index >= 15 is 0 Å². The van der Waals surface area contributed by atoms with Crippen LogP contribution in [0, 0.1) is 6.92 Å². The largest absolute Gasteiger partial charge is 0.341 e. The van der Waals surface area contributed by atoms with Crippen LogP contribution in [0.25, 0.3) is 11.4 Å². The Kier molecular flexibility index (Phi) is 5.20. The van der Waals surface area contributed by atoms with Gasteiger partial charge >= 0.3 is 0 Å². The first kappa shape index (κ1) is 16.6. The fourth-order valence-electron chi connectivity index (χ4n) is 3.04. The van der Waals surface area contributed by atoms with Gasteiger partial charge in [0.25, 0.3) is 0 Å². The maximum Gasteiger partial charge on any atom is 0.224 e. The summed E-state index contributed by atoms with van der Waals surface area (Å²) in [5, 5.41) is 3.44. The van der Waals surface area contributed by atoms with Crippen molar-refractivity contribution in [3.8, 4) is 11.4 Å². The summed E-state index contributed by atoms with van der Waals surface area (Å²) in [7, 11) is 0. The normalized spacial score (nSPS) is 17.5. The molecule has 2 aromatic rings. The third-order valence-corrected chi connectivity index (χ3v) is 4.28. The molecule has 0 saturated carbocycles. The molecule has 0 unspecified atom stereocenters. The van der Waals surface area contributed by atoms with Crippen LogP contribution in [-0.2, 0) is 11.3 Å². The minimum Gasteiger partial charge on any atom is -0.341 e. The number of benzene rings is 1. The summed E-state index contributed by atoms with van der Waals surface area (Å²) >= 11 is 0. The van der Waals surface area contributed by atoms with E-state index in [4.69, 9.17) is 0 Å². The maximum atomic E-state index is 11.9. The van der Waals surface area contributed by atoms with Crippen molar-refractivity contribution in [1.82, 2.24) is 20.2 Å². The highest BCUT2D eigenvalue weighted by Crippen LogP contribution is 2.16. The van der Waals surface area contributed by atoms with Gasteiger partial charge in [-0.3, -0.25) is 4.79 Å². The lowest BCUT2D eigenvalue weighted by atomic mass is 10.1. The topological polar surface area (TPSA) is 58.1 Å². The first-order valence-electron chi connectivity index (χ1n) is 8.55. The lowest BCUT2D eigenvalue weighted by Gasteiger charge is -2.16. The lowest BCUT2D eigenvalue weighted by molar-refractivity contribution is -0.127. The van der Waals surface area contributed by atoms with E-state index in [1.807, 2.05) is 29.4 Å². The van der Waals surface area contributed by atoms with Gasteiger partial charge in [0.2, 0.25) is 5.91 Å². The Morgan fingerprint density at radius 2 is 2.08 bits per heavy atom. The Bertz CT molecular complexity index is 699. The zero-order chi connectivity index (χ0) is 16.9. The van der Waals surface area contributed by atoms with Gasteiger partial charge < -0.3 is 10.2 Å². The van der Waals surface area contributed by atoms with Crippen LogP contribution in [0.3, 0.4) is 0 Å². The Morgan fingerprint density at radius 1 is 1.29 bits per heavy atom. The summed E-state index contributed by atoms with van der Waals surface area (Å²) in [4.78, 5) is 22.7. The van der Waals surface area contributed by atoms with Crippen LogP contribution < -0.4 is 5.32 Å². The fraction of sp³-hybridized carbons (Fsp3) is 0.421. The SMILES string of the molecule is CCCN1C[C@@H](NCc2cnc(-c3cccc(C)c3)nc2)CC1=O. The molecule has 5 nitrogen and oxygen atoms in total. The zero-order valence-corrected chi connectivity index (χ0v) is 14.3. The van der Waals surface area contributed by atoms with Crippen molar-refractivity contribution in [2.45, 2.75) is 39.3 Å². The van der Waals surface area contributed by atoms with Gasteiger partial charge in [0.05, 0.1) is 0 Å². The van der Waals surface area contributed by atoms with E-state index in [0.717, 1.165) is 36.5 Å². The number of nitrogens with zero attached hydrogens (tertiary/aromatic N) is 3. The van der Waals surface area contributed by atoms with Gasteiger partial charge in [-0.1, -0.05) is 30.7 Å². The molecule has 1 aliphatic rings. The van der Waals surface area contributed by atoms with Crippen LogP contribution in [0.15, 0.2) is 36.7 Å². The molecule has 1 aliphatic heterocycles. The number of aromatic nitrogens is 2. The van der Waals surface area contributed by atoms with Crippen LogP contribution >= 0.6 is 0 Å². The van der Waals surface area contributed by atoms with Gasteiger partial charge in [-0.25, -0.2) is 9.97 Å². The third-order valence-electron chi connectivity index (χ3n) is 4.28. The van der Waals surface area contributed by atoms with Gasteiger partial charge in [-0.05, 0) is 19.4 Å². The fourth-order valence-corrected chi connectivity index (χ4v) is 3.04. The number of amides is 1. The number of carbonyl (C=O) groups excluding carboxylic acids is 1. The highest BCUT2D eigenvalue weighted by atomic mass is 16.2. The van der Waals surface area contributed by atoms with Crippen molar-refractivity contribution in [3.05, 3.63) is 47.8 Å². The van der Waals surface area contributed by atoms with Gasteiger partial charge in [0.15, 0.2) is 5.82 Å². The van der Waals surface area contributed by atoms with Crippen molar-refractivity contribution in [1.29, 1.82) is 0 Å². The van der Waals surface area contributed by atoms with Crippen molar-refractivity contribution in [2.24, 2.45) is 0 Å². The Morgan fingerprint density at radius 3 is 2.79 bits per heavy atom. The number of hydrogen-bond acceptors (Lipinski definition) is 4. The van der Waals surface area contributed by atoms with Gasteiger partial charge in [-0.15, -0.1) is 0 Å². The number of nitrogens with one attached hydrogen (secondary N) is 1. The molecular formula is C19H24N4O. The van der Waals surface area contributed by atoms with Gasteiger partial charge in [0.1, 0.15) is 0 Å². The zero-order valence-electron chi connectivity index (χ0n) is 14.3. The summed E-state index contributed by atoms with van der Waals surface area (Å²) in [6.07, 6.45) is 5.31. The van der Waals surface area contributed by atoms with E-state index in [1.165, 1.54) is 5.56 Å². The molecule has 1 aromatic carbocycles. The summed E-state index contributed by atoms with van der Waals surface area (Å²) in [6, 6.07) is 8.40. The summed E-state index contributed by atoms with van der Waals surface area (Å²) < 4.78 is 0. The van der Waals surface area contributed by atoms with E-state index in [2.05, 4.69) is 41.3 Å². The molecule has 0 radical (unpaired) electrons. The Balaban J connectivity index is 1.56. The Hall–Kier alpha value is -2.27. The highest BCUT2D eigenvalue weighted by Gasteiger charge is 2.28. The molecule has 1 amide bonds. The molecule has 0 bridgehead atoms. The van der Waals surface area contributed by atoms with Crippen LogP contribution in [0.5, 0.6) is 0 Å². The molecule has 1 atom stereocenters. The molecule has 126 valence electrons. The quantitative estimate of drug-likeness (QED) is 0.887. The lowest BCUT2D eigenvalue weighted by Crippen LogP contribution is -2.32. The van der Waals surface area contributed by atoms with Crippen molar-refractivity contribution in [2.75, 3.05) is 13.1 Å². The number of aryl methyl sites for hydroxylation is 1. The van der Waals surface area contributed by atoms with E-state index in [1.54, 1.807) is 0 Å². The molecule has 1 saturated heterocycles. The standard InChI is InChI=1S/C19H24N4O/c1-3-7-23-13-17(9-18(23)24)20-10-15-11-21-19(22-12-15)16-6-4-5-14(2)8-16/h4-6,8,11-12,17,20H,3,7,9-10,13H2,1-2H3/t17-/m0/s1. The number of likely N-dealkylation sites (tertiary alicyclic amines) is 1. The minimum absolute atomic E-state index is 0.223. The molecule has 3 rings (SSSR count). The summed E-state index contributed by atoms with van der Waals surface area (Å²) in [5.41, 5.74) is 3.27. The second-order valence-electron chi connectivity index (χ2n) is 6.41.